The molecule has 0 saturated heterocycles. The number of hydrogen-bond donors (Lipinski definition) is 0. The van der Waals surface area contributed by atoms with Gasteiger partial charge in [0.1, 0.15) is 0 Å². The Balaban J connectivity index is 1.48. The predicted molar refractivity (Wildman–Crippen MR) is 93.9 cm³/mol. The first-order valence-electron chi connectivity index (χ1n) is 8.46. The fourth-order valence-electron chi connectivity index (χ4n) is 3.35. The van der Waals surface area contributed by atoms with Crippen molar-refractivity contribution in [2.24, 2.45) is 0 Å². The summed E-state index contributed by atoms with van der Waals surface area (Å²) in [6.07, 6.45) is 6.03. The van der Waals surface area contributed by atoms with Gasteiger partial charge in [0, 0.05) is 18.5 Å². The number of thiophene rings is 1. The SMILES string of the molecule is CN(Cc1ccc2c(c1)OCO2)C(=O)c1cc2c(s1)CCCCC2. The Labute approximate surface area is 146 Å². The number of carbonyl (C=O) groups is 1. The van der Waals surface area contributed by atoms with Crippen LogP contribution in [0.2, 0.25) is 0 Å². The molecule has 4 rings (SSSR count). The molecule has 2 heterocycles. The van der Waals surface area contributed by atoms with E-state index in [-0.39, 0.29) is 12.7 Å². The predicted octanol–water partition coefficient (Wildman–Crippen LogP) is 4.02. The molecule has 0 atom stereocenters. The second-order valence-electron chi connectivity index (χ2n) is 6.47. The molecule has 0 radical (unpaired) electrons. The number of fused-ring (bicyclic) bond motifs is 2. The summed E-state index contributed by atoms with van der Waals surface area (Å²) in [5.74, 6) is 1.64. The van der Waals surface area contributed by atoms with Gasteiger partial charge in [-0.25, -0.2) is 0 Å². The Morgan fingerprint density at radius 3 is 2.88 bits per heavy atom. The highest BCUT2D eigenvalue weighted by Crippen LogP contribution is 2.33. The molecule has 5 heteroatoms. The van der Waals surface area contributed by atoms with Gasteiger partial charge < -0.3 is 14.4 Å². The maximum Gasteiger partial charge on any atom is 0.263 e. The molecule has 0 bridgehead atoms. The molecular weight excluding hydrogens is 322 g/mol. The number of hydrogen-bond acceptors (Lipinski definition) is 4. The van der Waals surface area contributed by atoms with Crippen molar-refractivity contribution in [1.29, 1.82) is 0 Å². The van der Waals surface area contributed by atoms with Crippen LogP contribution in [0.3, 0.4) is 0 Å². The molecule has 1 aliphatic heterocycles. The van der Waals surface area contributed by atoms with Crippen molar-refractivity contribution < 1.29 is 14.3 Å². The van der Waals surface area contributed by atoms with Crippen molar-refractivity contribution in [1.82, 2.24) is 4.90 Å². The lowest BCUT2D eigenvalue weighted by Crippen LogP contribution is -2.25. The number of carbonyl (C=O) groups excluding carboxylic acids is 1. The van der Waals surface area contributed by atoms with Crippen molar-refractivity contribution in [3.63, 3.8) is 0 Å². The third-order valence-corrected chi connectivity index (χ3v) is 5.89. The van der Waals surface area contributed by atoms with Crippen molar-refractivity contribution in [2.75, 3.05) is 13.8 Å². The number of benzene rings is 1. The van der Waals surface area contributed by atoms with E-state index >= 15 is 0 Å². The van der Waals surface area contributed by atoms with Gasteiger partial charge in [0.15, 0.2) is 11.5 Å². The Morgan fingerprint density at radius 2 is 1.96 bits per heavy atom. The molecule has 1 aliphatic carbocycles. The number of aryl methyl sites for hydroxylation is 2. The number of rotatable bonds is 3. The van der Waals surface area contributed by atoms with Gasteiger partial charge in [-0.1, -0.05) is 12.5 Å². The second-order valence-corrected chi connectivity index (χ2v) is 7.61. The van der Waals surface area contributed by atoms with Crippen LogP contribution in [0.5, 0.6) is 11.5 Å². The van der Waals surface area contributed by atoms with E-state index in [2.05, 4.69) is 6.07 Å². The minimum Gasteiger partial charge on any atom is -0.454 e. The van der Waals surface area contributed by atoms with Crippen LogP contribution in [0, 0.1) is 0 Å². The summed E-state index contributed by atoms with van der Waals surface area (Å²) in [5, 5.41) is 0. The topological polar surface area (TPSA) is 38.8 Å². The quantitative estimate of drug-likeness (QED) is 0.790. The van der Waals surface area contributed by atoms with Gasteiger partial charge >= 0.3 is 0 Å². The van der Waals surface area contributed by atoms with Crippen LogP contribution in [-0.4, -0.2) is 24.6 Å². The lowest BCUT2D eigenvalue weighted by molar-refractivity contribution is 0.0789. The van der Waals surface area contributed by atoms with Crippen LogP contribution in [0.1, 0.15) is 44.9 Å². The third-order valence-electron chi connectivity index (χ3n) is 4.66. The van der Waals surface area contributed by atoms with E-state index in [1.54, 1.807) is 16.2 Å². The first kappa shape index (κ1) is 15.5. The van der Waals surface area contributed by atoms with Crippen molar-refractivity contribution in [3.8, 4) is 11.5 Å². The van der Waals surface area contributed by atoms with Crippen LogP contribution >= 0.6 is 11.3 Å². The van der Waals surface area contributed by atoms with Crippen LogP contribution in [0.15, 0.2) is 24.3 Å². The van der Waals surface area contributed by atoms with Gasteiger partial charge in [0.05, 0.1) is 4.88 Å². The summed E-state index contributed by atoms with van der Waals surface area (Å²) >= 11 is 1.68. The molecule has 1 amide bonds. The third kappa shape index (κ3) is 3.00. The van der Waals surface area contributed by atoms with E-state index < -0.39 is 0 Å². The fraction of sp³-hybridized carbons (Fsp3) is 0.421. The zero-order valence-corrected chi connectivity index (χ0v) is 14.7. The molecule has 4 nitrogen and oxygen atoms in total. The molecule has 0 N–H and O–H groups in total. The molecule has 126 valence electrons. The zero-order valence-electron chi connectivity index (χ0n) is 13.8. The highest BCUT2D eigenvalue weighted by Gasteiger charge is 2.20. The van der Waals surface area contributed by atoms with Crippen LogP contribution in [-0.2, 0) is 19.4 Å². The van der Waals surface area contributed by atoms with E-state index in [1.165, 1.54) is 29.7 Å². The smallest absolute Gasteiger partial charge is 0.263 e. The number of nitrogens with zero attached hydrogens (tertiary/aromatic N) is 1. The Morgan fingerprint density at radius 1 is 1.12 bits per heavy atom. The molecule has 0 saturated carbocycles. The van der Waals surface area contributed by atoms with Gasteiger partial charge in [-0.05, 0) is 55.0 Å². The Hall–Kier alpha value is -2.01. The van der Waals surface area contributed by atoms with Gasteiger partial charge in [-0.2, -0.15) is 0 Å². The number of ether oxygens (including phenoxy) is 2. The first-order chi connectivity index (χ1) is 11.7. The van der Waals surface area contributed by atoms with Crippen molar-refractivity contribution in [3.05, 3.63) is 45.1 Å². The van der Waals surface area contributed by atoms with Crippen LogP contribution < -0.4 is 9.47 Å². The maximum atomic E-state index is 12.8. The van der Waals surface area contributed by atoms with E-state index in [0.717, 1.165) is 34.8 Å². The molecule has 0 spiro atoms. The van der Waals surface area contributed by atoms with Crippen LogP contribution in [0.4, 0.5) is 0 Å². The lowest BCUT2D eigenvalue weighted by Gasteiger charge is -2.16. The molecule has 2 aromatic rings. The maximum absolute atomic E-state index is 12.8. The van der Waals surface area contributed by atoms with Gasteiger partial charge in [-0.3, -0.25) is 4.79 Å². The second kappa shape index (κ2) is 6.48. The minimum absolute atomic E-state index is 0.103. The molecular formula is C19H21NO3S. The lowest BCUT2D eigenvalue weighted by atomic mass is 10.1. The van der Waals surface area contributed by atoms with E-state index in [0.29, 0.717) is 6.54 Å². The largest absolute Gasteiger partial charge is 0.454 e. The molecule has 0 fully saturated rings. The molecule has 2 aliphatic rings. The average molecular weight is 343 g/mol. The monoisotopic (exact) mass is 343 g/mol. The zero-order chi connectivity index (χ0) is 16.5. The molecule has 0 unspecified atom stereocenters. The number of amides is 1. The summed E-state index contributed by atoms with van der Waals surface area (Å²) in [5.41, 5.74) is 2.44. The fourth-order valence-corrected chi connectivity index (χ4v) is 4.59. The highest BCUT2D eigenvalue weighted by molar-refractivity contribution is 7.14. The Bertz CT molecular complexity index is 744. The molecule has 24 heavy (non-hydrogen) atoms. The summed E-state index contributed by atoms with van der Waals surface area (Å²) in [6, 6.07) is 7.96. The summed E-state index contributed by atoms with van der Waals surface area (Å²) in [6.45, 7) is 0.840. The highest BCUT2D eigenvalue weighted by atomic mass is 32.1. The average Bonchev–Trinajstić information content (AvgIpc) is 3.15. The first-order valence-corrected chi connectivity index (χ1v) is 9.28. The summed E-state index contributed by atoms with van der Waals surface area (Å²) in [4.78, 5) is 16.8. The normalized spacial score (nSPS) is 15.7. The van der Waals surface area contributed by atoms with Crippen LogP contribution in [0.25, 0.3) is 0 Å². The van der Waals surface area contributed by atoms with Gasteiger partial charge in [0.25, 0.3) is 5.91 Å². The van der Waals surface area contributed by atoms with E-state index in [1.807, 2.05) is 25.2 Å². The van der Waals surface area contributed by atoms with Gasteiger partial charge in [0.2, 0.25) is 6.79 Å². The molecule has 1 aromatic heterocycles. The van der Waals surface area contributed by atoms with Crippen molar-refractivity contribution >= 4 is 17.2 Å². The summed E-state index contributed by atoms with van der Waals surface area (Å²) < 4.78 is 10.7. The minimum atomic E-state index is 0.103. The van der Waals surface area contributed by atoms with E-state index in [9.17, 15) is 4.79 Å². The standard InChI is InChI=1S/C19H21NO3S/c1-20(11-13-7-8-15-16(9-13)23-12-22-15)19(21)18-10-14-5-3-2-4-6-17(14)24-18/h7-10H,2-6,11-12H2,1H3. The summed E-state index contributed by atoms with van der Waals surface area (Å²) in [7, 11) is 1.86. The Kier molecular flexibility index (Phi) is 4.19. The molecule has 1 aromatic carbocycles. The van der Waals surface area contributed by atoms with Crippen molar-refractivity contribution in [2.45, 2.75) is 38.6 Å². The van der Waals surface area contributed by atoms with Gasteiger partial charge in [-0.15, -0.1) is 11.3 Å². The van der Waals surface area contributed by atoms with E-state index in [4.69, 9.17) is 9.47 Å².